The lowest BCUT2D eigenvalue weighted by molar-refractivity contribution is 0.102. The van der Waals surface area contributed by atoms with E-state index in [0.29, 0.717) is 27.2 Å². The van der Waals surface area contributed by atoms with E-state index in [2.05, 4.69) is 15.2 Å². The average Bonchev–Trinajstić information content (AvgIpc) is 3.29. The van der Waals surface area contributed by atoms with Gasteiger partial charge in [0.25, 0.3) is 5.91 Å². The van der Waals surface area contributed by atoms with Crippen LogP contribution in [-0.2, 0) is 6.54 Å². The van der Waals surface area contributed by atoms with Crippen LogP contribution in [0.4, 0.5) is 5.13 Å². The summed E-state index contributed by atoms with van der Waals surface area (Å²) in [6.45, 7) is 3.19. The van der Waals surface area contributed by atoms with E-state index in [1.807, 2.05) is 5.38 Å². The first-order valence-corrected chi connectivity index (χ1v) is 9.02. The lowest BCUT2D eigenvalue weighted by Crippen LogP contribution is -2.18. The second kappa shape index (κ2) is 6.58. The Morgan fingerprint density at radius 2 is 2.17 bits per heavy atom. The summed E-state index contributed by atoms with van der Waals surface area (Å²) in [6, 6.07) is 3.20. The molecule has 0 atom stereocenters. The molecule has 2 aliphatic heterocycles. The number of carbonyl (C=O) groups excluding carboxylic acids is 1. The topological polar surface area (TPSA) is 63.7 Å². The summed E-state index contributed by atoms with van der Waals surface area (Å²) in [5.74, 6) is 0.703. The molecule has 6 nitrogen and oxygen atoms in total. The van der Waals surface area contributed by atoms with Gasteiger partial charge in [-0.15, -0.1) is 11.3 Å². The standard InChI is InChI=1S/C16H16ClN3O3S/c17-12-5-10(6-13-14(12)23-9-22-13)15(21)19-16-18-11(8-24-16)7-20-3-1-2-4-20/h5-6,8H,1-4,7,9H2,(H,18,19,21). The van der Waals surface area contributed by atoms with Gasteiger partial charge in [-0.05, 0) is 38.1 Å². The van der Waals surface area contributed by atoms with E-state index in [-0.39, 0.29) is 12.7 Å². The van der Waals surface area contributed by atoms with Gasteiger partial charge in [-0.3, -0.25) is 15.0 Å². The van der Waals surface area contributed by atoms with Crippen molar-refractivity contribution in [3.05, 3.63) is 33.8 Å². The van der Waals surface area contributed by atoms with Crippen LogP contribution in [0, 0.1) is 0 Å². The maximum atomic E-state index is 12.4. The van der Waals surface area contributed by atoms with Crippen molar-refractivity contribution in [3.8, 4) is 11.5 Å². The highest BCUT2D eigenvalue weighted by Gasteiger charge is 2.21. The van der Waals surface area contributed by atoms with Crippen LogP contribution in [0.5, 0.6) is 11.5 Å². The molecule has 2 aromatic rings. The SMILES string of the molecule is O=C(Nc1nc(CN2CCCC2)cs1)c1cc(Cl)c2c(c1)OCO2. The van der Waals surface area contributed by atoms with Gasteiger partial charge in [0.05, 0.1) is 10.7 Å². The van der Waals surface area contributed by atoms with Crippen molar-refractivity contribution in [3.63, 3.8) is 0 Å². The van der Waals surface area contributed by atoms with Gasteiger partial charge in [-0.2, -0.15) is 0 Å². The van der Waals surface area contributed by atoms with E-state index in [1.165, 1.54) is 24.2 Å². The van der Waals surface area contributed by atoms with Gasteiger partial charge in [-0.1, -0.05) is 11.6 Å². The fourth-order valence-electron chi connectivity index (χ4n) is 2.87. The number of thiazole rings is 1. The fourth-order valence-corrected chi connectivity index (χ4v) is 3.84. The molecule has 8 heteroatoms. The number of benzene rings is 1. The molecule has 1 saturated heterocycles. The molecule has 126 valence electrons. The number of fused-ring (bicyclic) bond motifs is 1. The number of aromatic nitrogens is 1. The Hall–Kier alpha value is -1.83. The highest BCUT2D eigenvalue weighted by molar-refractivity contribution is 7.14. The summed E-state index contributed by atoms with van der Waals surface area (Å²) >= 11 is 7.54. The van der Waals surface area contributed by atoms with Crippen LogP contribution in [0.3, 0.4) is 0 Å². The van der Waals surface area contributed by atoms with Crippen LogP contribution in [0.15, 0.2) is 17.5 Å². The van der Waals surface area contributed by atoms with E-state index in [4.69, 9.17) is 21.1 Å². The van der Waals surface area contributed by atoms with Crippen LogP contribution in [0.1, 0.15) is 28.9 Å². The van der Waals surface area contributed by atoms with Gasteiger partial charge in [0, 0.05) is 17.5 Å². The molecule has 24 heavy (non-hydrogen) atoms. The van der Waals surface area contributed by atoms with Crippen molar-refractivity contribution < 1.29 is 14.3 Å². The minimum atomic E-state index is -0.266. The van der Waals surface area contributed by atoms with Crippen LogP contribution in [0.25, 0.3) is 0 Å². The molecule has 4 rings (SSSR count). The number of halogens is 1. The highest BCUT2D eigenvalue weighted by Crippen LogP contribution is 2.39. The van der Waals surface area contributed by atoms with Gasteiger partial charge in [0.15, 0.2) is 16.6 Å². The van der Waals surface area contributed by atoms with Crippen molar-refractivity contribution in [1.29, 1.82) is 0 Å². The number of anilines is 1. The predicted octanol–water partition coefficient (Wildman–Crippen LogP) is 3.37. The van der Waals surface area contributed by atoms with E-state index in [1.54, 1.807) is 12.1 Å². The molecule has 1 aromatic carbocycles. The lowest BCUT2D eigenvalue weighted by atomic mass is 10.2. The third-order valence-electron chi connectivity index (χ3n) is 4.05. The molecule has 0 unspecified atom stereocenters. The largest absolute Gasteiger partial charge is 0.454 e. The molecule has 3 heterocycles. The number of likely N-dealkylation sites (tertiary alicyclic amines) is 1. The number of ether oxygens (including phenoxy) is 2. The van der Waals surface area contributed by atoms with E-state index in [9.17, 15) is 4.79 Å². The smallest absolute Gasteiger partial charge is 0.257 e. The second-order valence-corrected chi connectivity index (χ2v) is 7.04. The molecule has 0 bridgehead atoms. The number of hydrogen-bond acceptors (Lipinski definition) is 6. The zero-order valence-electron chi connectivity index (χ0n) is 12.9. The van der Waals surface area contributed by atoms with Crippen LogP contribution in [0.2, 0.25) is 5.02 Å². The highest BCUT2D eigenvalue weighted by atomic mass is 35.5. The third-order valence-corrected chi connectivity index (χ3v) is 5.13. The summed E-state index contributed by atoms with van der Waals surface area (Å²) in [7, 11) is 0. The summed E-state index contributed by atoms with van der Waals surface area (Å²) in [5, 5.41) is 5.75. The molecular formula is C16H16ClN3O3S. The molecule has 1 fully saturated rings. The molecule has 2 aliphatic rings. The molecule has 0 saturated carbocycles. The summed E-state index contributed by atoms with van der Waals surface area (Å²) < 4.78 is 10.5. The summed E-state index contributed by atoms with van der Waals surface area (Å²) in [4.78, 5) is 19.3. The summed E-state index contributed by atoms with van der Waals surface area (Å²) in [5.41, 5.74) is 1.40. The zero-order chi connectivity index (χ0) is 16.5. The molecule has 1 N–H and O–H groups in total. The monoisotopic (exact) mass is 365 g/mol. The van der Waals surface area contributed by atoms with Crippen molar-refractivity contribution in [1.82, 2.24) is 9.88 Å². The molecule has 1 aromatic heterocycles. The molecular weight excluding hydrogens is 350 g/mol. The Kier molecular flexibility index (Phi) is 4.30. The van der Waals surface area contributed by atoms with Crippen LogP contribution < -0.4 is 14.8 Å². The van der Waals surface area contributed by atoms with Gasteiger partial charge in [0.2, 0.25) is 6.79 Å². The normalized spacial score (nSPS) is 16.5. The van der Waals surface area contributed by atoms with Gasteiger partial charge in [0.1, 0.15) is 0 Å². The Balaban J connectivity index is 1.44. The van der Waals surface area contributed by atoms with Gasteiger partial charge in [-0.25, -0.2) is 4.98 Å². The first kappa shape index (κ1) is 15.7. The predicted molar refractivity (Wildman–Crippen MR) is 92.2 cm³/mol. The van der Waals surface area contributed by atoms with Gasteiger partial charge >= 0.3 is 0 Å². The van der Waals surface area contributed by atoms with E-state index in [0.717, 1.165) is 25.3 Å². The number of amides is 1. The first-order valence-electron chi connectivity index (χ1n) is 7.76. The second-order valence-electron chi connectivity index (χ2n) is 5.77. The first-order chi connectivity index (χ1) is 11.7. The maximum absolute atomic E-state index is 12.4. The number of carbonyl (C=O) groups is 1. The molecule has 1 amide bonds. The molecule has 0 aliphatic carbocycles. The third kappa shape index (κ3) is 3.19. The average molecular weight is 366 g/mol. The summed E-state index contributed by atoms with van der Waals surface area (Å²) in [6.07, 6.45) is 2.50. The molecule has 0 radical (unpaired) electrons. The van der Waals surface area contributed by atoms with Crippen molar-refractivity contribution in [2.75, 3.05) is 25.2 Å². The minimum Gasteiger partial charge on any atom is -0.454 e. The quantitative estimate of drug-likeness (QED) is 0.899. The lowest BCUT2D eigenvalue weighted by Gasteiger charge is -2.11. The van der Waals surface area contributed by atoms with Crippen LogP contribution in [-0.4, -0.2) is 35.7 Å². The van der Waals surface area contributed by atoms with E-state index < -0.39 is 0 Å². The number of nitrogens with one attached hydrogen (secondary N) is 1. The number of rotatable bonds is 4. The van der Waals surface area contributed by atoms with Crippen molar-refractivity contribution in [2.24, 2.45) is 0 Å². The van der Waals surface area contributed by atoms with Gasteiger partial charge < -0.3 is 9.47 Å². The van der Waals surface area contributed by atoms with Crippen LogP contribution >= 0.6 is 22.9 Å². The zero-order valence-corrected chi connectivity index (χ0v) is 14.5. The Labute approximate surface area is 148 Å². The number of nitrogens with zero attached hydrogens (tertiary/aromatic N) is 2. The molecule has 0 spiro atoms. The van der Waals surface area contributed by atoms with E-state index >= 15 is 0 Å². The number of hydrogen-bond donors (Lipinski definition) is 1. The minimum absolute atomic E-state index is 0.118. The fraction of sp³-hybridized carbons (Fsp3) is 0.375. The Morgan fingerprint density at radius 3 is 3.00 bits per heavy atom. The maximum Gasteiger partial charge on any atom is 0.257 e. The van der Waals surface area contributed by atoms with Crippen molar-refractivity contribution >= 4 is 34.0 Å². The Morgan fingerprint density at radius 1 is 1.33 bits per heavy atom. The Bertz CT molecular complexity index is 774. The van der Waals surface area contributed by atoms with Crippen molar-refractivity contribution in [2.45, 2.75) is 19.4 Å².